The molecule has 4 nitrogen and oxygen atoms in total. The average Bonchev–Trinajstić information content (AvgIpc) is 2.55. The van der Waals surface area contributed by atoms with Crippen molar-refractivity contribution in [2.75, 3.05) is 19.0 Å². The number of benzene rings is 2. The molecule has 0 aliphatic carbocycles. The molecule has 0 radical (unpaired) electrons. The van der Waals surface area contributed by atoms with Gasteiger partial charge in [-0.1, -0.05) is 48.0 Å². The van der Waals surface area contributed by atoms with E-state index in [4.69, 9.17) is 0 Å². The zero-order valence-electron chi connectivity index (χ0n) is 13.0. The zero-order chi connectivity index (χ0) is 15.9. The van der Waals surface area contributed by atoms with Crippen molar-refractivity contribution in [1.29, 1.82) is 0 Å². The average molecular weight is 298 g/mol. The van der Waals surface area contributed by atoms with E-state index in [1.807, 2.05) is 61.5 Å². The maximum absolute atomic E-state index is 12.4. The van der Waals surface area contributed by atoms with Crippen LogP contribution in [0.25, 0.3) is 0 Å². The van der Waals surface area contributed by atoms with Gasteiger partial charge in [0.2, 0.25) is 0 Å². The Kier molecular flexibility index (Phi) is 5.55. The number of carbonyl (C=O) groups is 1. The topological polar surface area (TPSA) is 52.6 Å². The van der Waals surface area contributed by atoms with Crippen molar-refractivity contribution in [2.45, 2.75) is 19.4 Å². The summed E-state index contributed by atoms with van der Waals surface area (Å²) in [6, 6.07) is 17.1. The number of aliphatic hydroxyl groups is 1. The Labute approximate surface area is 131 Å². The molecule has 2 rings (SSSR count). The number of hydrogen-bond donors (Lipinski definition) is 2. The van der Waals surface area contributed by atoms with Crippen LogP contribution in [-0.2, 0) is 0 Å². The summed E-state index contributed by atoms with van der Waals surface area (Å²) in [5.74, 6) is 0. The molecule has 2 N–H and O–H groups in total. The van der Waals surface area contributed by atoms with Crippen molar-refractivity contribution < 1.29 is 9.90 Å². The molecule has 0 bridgehead atoms. The van der Waals surface area contributed by atoms with Gasteiger partial charge in [0.1, 0.15) is 0 Å². The summed E-state index contributed by atoms with van der Waals surface area (Å²) in [4.78, 5) is 14.1. The van der Waals surface area contributed by atoms with Crippen molar-refractivity contribution in [3.63, 3.8) is 0 Å². The Morgan fingerprint density at radius 3 is 2.36 bits per heavy atom. The van der Waals surface area contributed by atoms with Crippen LogP contribution >= 0.6 is 0 Å². The van der Waals surface area contributed by atoms with Gasteiger partial charge in [0, 0.05) is 19.3 Å². The van der Waals surface area contributed by atoms with E-state index >= 15 is 0 Å². The van der Waals surface area contributed by atoms with Gasteiger partial charge >= 0.3 is 6.03 Å². The van der Waals surface area contributed by atoms with Gasteiger partial charge in [-0.2, -0.15) is 0 Å². The Hall–Kier alpha value is -2.33. The molecule has 22 heavy (non-hydrogen) atoms. The van der Waals surface area contributed by atoms with E-state index < -0.39 is 0 Å². The molecular formula is C18H22N2O2. The molecule has 0 heterocycles. The number of anilines is 1. The Balaban J connectivity index is 2.10. The van der Waals surface area contributed by atoms with Crippen molar-refractivity contribution in [3.05, 3.63) is 65.7 Å². The minimum absolute atomic E-state index is 0.0295. The van der Waals surface area contributed by atoms with E-state index in [0.717, 1.165) is 16.8 Å². The van der Waals surface area contributed by atoms with Gasteiger partial charge in [0.05, 0.1) is 6.04 Å². The molecule has 2 aromatic rings. The van der Waals surface area contributed by atoms with Crippen LogP contribution in [0.15, 0.2) is 54.6 Å². The number of carbonyl (C=O) groups excluding carboxylic acids is 1. The van der Waals surface area contributed by atoms with Gasteiger partial charge in [0.25, 0.3) is 0 Å². The molecule has 0 aromatic heterocycles. The van der Waals surface area contributed by atoms with Crippen LogP contribution in [0, 0.1) is 6.92 Å². The summed E-state index contributed by atoms with van der Waals surface area (Å²) in [5, 5.41) is 12.2. The lowest BCUT2D eigenvalue weighted by atomic mass is 10.0. The lowest BCUT2D eigenvalue weighted by molar-refractivity contribution is 0.184. The highest BCUT2D eigenvalue weighted by atomic mass is 16.3. The summed E-state index contributed by atoms with van der Waals surface area (Å²) in [5.41, 5.74) is 2.92. The second-order valence-electron chi connectivity index (χ2n) is 5.35. The molecule has 0 aliphatic rings. The van der Waals surface area contributed by atoms with Crippen molar-refractivity contribution in [1.82, 2.24) is 4.90 Å². The number of aryl methyl sites for hydroxylation is 1. The van der Waals surface area contributed by atoms with E-state index in [9.17, 15) is 9.90 Å². The van der Waals surface area contributed by atoms with Crippen LogP contribution in [0.5, 0.6) is 0 Å². The van der Waals surface area contributed by atoms with Crippen LogP contribution in [0.3, 0.4) is 0 Å². The zero-order valence-corrected chi connectivity index (χ0v) is 13.0. The molecule has 1 atom stereocenters. The lowest BCUT2D eigenvalue weighted by Gasteiger charge is -2.28. The van der Waals surface area contributed by atoms with E-state index in [0.29, 0.717) is 6.42 Å². The third-order valence-electron chi connectivity index (χ3n) is 3.68. The van der Waals surface area contributed by atoms with Crippen LogP contribution in [-0.4, -0.2) is 29.7 Å². The first-order valence-electron chi connectivity index (χ1n) is 7.38. The molecule has 2 amide bonds. The molecule has 2 aromatic carbocycles. The fraction of sp³-hybridized carbons (Fsp3) is 0.278. The highest BCUT2D eigenvalue weighted by Gasteiger charge is 2.21. The number of amides is 2. The normalized spacial score (nSPS) is 11.8. The van der Waals surface area contributed by atoms with Gasteiger partial charge in [0.15, 0.2) is 0 Å². The molecule has 0 fully saturated rings. The first-order valence-corrected chi connectivity index (χ1v) is 7.38. The number of nitrogens with one attached hydrogen (secondary N) is 1. The first-order chi connectivity index (χ1) is 10.6. The fourth-order valence-corrected chi connectivity index (χ4v) is 2.37. The summed E-state index contributed by atoms with van der Waals surface area (Å²) in [6.07, 6.45) is 0.502. The second kappa shape index (κ2) is 7.61. The smallest absolute Gasteiger partial charge is 0.322 e. The molecule has 0 saturated carbocycles. The minimum Gasteiger partial charge on any atom is -0.396 e. The number of rotatable bonds is 5. The molecule has 0 unspecified atom stereocenters. The lowest BCUT2D eigenvalue weighted by Crippen LogP contribution is -2.35. The van der Waals surface area contributed by atoms with Gasteiger partial charge in [-0.25, -0.2) is 4.79 Å². The molecule has 116 valence electrons. The van der Waals surface area contributed by atoms with E-state index in [-0.39, 0.29) is 18.7 Å². The second-order valence-corrected chi connectivity index (χ2v) is 5.35. The summed E-state index contributed by atoms with van der Waals surface area (Å²) in [7, 11) is 1.75. The van der Waals surface area contributed by atoms with Gasteiger partial charge in [-0.15, -0.1) is 0 Å². The third-order valence-corrected chi connectivity index (χ3v) is 3.68. The van der Waals surface area contributed by atoms with E-state index in [1.54, 1.807) is 11.9 Å². The Morgan fingerprint density at radius 2 is 1.77 bits per heavy atom. The first kappa shape index (κ1) is 16.0. The molecule has 0 saturated heterocycles. The van der Waals surface area contributed by atoms with E-state index in [1.165, 1.54) is 0 Å². The van der Waals surface area contributed by atoms with E-state index in [2.05, 4.69) is 5.32 Å². The van der Waals surface area contributed by atoms with Crippen LogP contribution in [0.4, 0.5) is 10.5 Å². The van der Waals surface area contributed by atoms with Crippen LogP contribution in [0.1, 0.15) is 23.6 Å². The number of hydrogen-bond acceptors (Lipinski definition) is 2. The van der Waals surface area contributed by atoms with Crippen molar-refractivity contribution in [3.8, 4) is 0 Å². The van der Waals surface area contributed by atoms with Gasteiger partial charge in [-0.3, -0.25) is 0 Å². The minimum atomic E-state index is -0.189. The maximum Gasteiger partial charge on any atom is 0.322 e. The Morgan fingerprint density at radius 1 is 1.14 bits per heavy atom. The van der Waals surface area contributed by atoms with Crippen LogP contribution < -0.4 is 5.32 Å². The van der Waals surface area contributed by atoms with Gasteiger partial charge < -0.3 is 15.3 Å². The largest absolute Gasteiger partial charge is 0.396 e. The van der Waals surface area contributed by atoms with Gasteiger partial charge in [-0.05, 0) is 31.0 Å². The highest BCUT2D eigenvalue weighted by Crippen LogP contribution is 2.23. The molecule has 0 aliphatic heterocycles. The third kappa shape index (κ3) is 4.09. The molecular weight excluding hydrogens is 276 g/mol. The SMILES string of the molecule is Cc1ccc(NC(=O)N(C)[C@H](CCO)c2ccccc2)cc1. The predicted octanol–water partition coefficient (Wildman–Crippen LogP) is 3.58. The standard InChI is InChI=1S/C18H22N2O2/c1-14-8-10-16(11-9-14)19-18(22)20(2)17(12-13-21)15-6-4-3-5-7-15/h3-11,17,21H,12-13H2,1-2H3,(H,19,22)/t17-/m1/s1. The summed E-state index contributed by atoms with van der Waals surface area (Å²) < 4.78 is 0. The quantitative estimate of drug-likeness (QED) is 0.886. The Bertz CT molecular complexity index is 596. The molecule has 0 spiro atoms. The van der Waals surface area contributed by atoms with Crippen molar-refractivity contribution >= 4 is 11.7 Å². The number of aliphatic hydroxyl groups excluding tert-OH is 1. The molecule has 4 heteroatoms. The highest BCUT2D eigenvalue weighted by molar-refractivity contribution is 5.89. The summed E-state index contributed by atoms with van der Waals surface area (Å²) >= 11 is 0. The number of urea groups is 1. The monoisotopic (exact) mass is 298 g/mol. The fourth-order valence-electron chi connectivity index (χ4n) is 2.37. The maximum atomic E-state index is 12.4. The summed E-state index contributed by atoms with van der Waals surface area (Å²) in [6.45, 7) is 2.03. The predicted molar refractivity (Wildman–Crippen MR) is 88.8 cm³/mol. The van der Waals surface area contributed by atoms with Crippen molar-refractivity contribution in [2.24, 2.45) is 0 Å². The number of nitrogens with zero attached hydrogens (tertiary/aromatic N) is 1. The van der Waals surface area contributed by atoms with Crippen LogP contribution in [0.2, 0.25) is 0 Å².